The van der Waals surface area contributed by atoms with Crippen LogP contribution in [0.3, 0.4) is 0 Å². The van der Waals surface area contributed by atoms with Crippen molar-refractivity contribution in [2.75, 3.05) is 6.61 Å². The first-order valence-corrected chi connectivity index (χ1v) is 8.34. The lowest BCUT2D eigenvalue weighted by Crippen LogP contribution is -2.44. The zero-order chi connectivity index (χ0) is 16.2. The molecule has 0 bridgehead atoms. The molecular weight excluding hydrogens is 295 g/mol. The van der Waals surface area contributed by atoms with Crippen LogP contribution in [-0.4, -0.2) is 13.7 Å². The molecule has 3 aromatic carbocycles. The van der Waals surface area contributed by atoms with Gasteiger partial charge in [0.1, 0.15) is 0 Å². The molecule has 1 saturated heterocycles. The molecular formula is C21H19BO2. The minimum Gasteiger partial charge on any atom is -0.407 e. The molecule has 1 fully saturated rings. The van der Waals surface area contributed by atoms with Crippen LogP contribution in [0.1, 0.15) is 23.1 Å². The fourth-order valence-corrected chi connectivity index (χ4v) is 3.26. The van der Waals surface area contributed by atoms with Crippen LogP contribution in [0.4, 0.5) is 0 Å². The Morgan fingerprint density at radius 2 is 1.21 bits per heavy atom. The lowest BCUT2D eigenvalue weighted by atomic mass is 9.75. The fraction of sp³-hybridized carbons (Fsp3) is 0.143. The van der Waals surface area contributed by atoms with Crippen molar-refractivity contribution in [3.63, 3.8) is 0 Å². The van der Waals surface area contributed by atoms with E-state index in [1.54, 1.807) is 0 Å². The quantitative estimate of drug-likeness (QED) is 0.682. The van der Waals surface area contributed by atoms with Gasteiger partial charge in [0, 0.05) is 12.5 Å². The molecule has 2 atom stereocenters. The van der Waals surface area contributed by atoms with Crippen molar-refractivity contribution >= 4 is 12.6 Å². The van der Waals surface area contributed by atoms with E-state index < -0.39 is 0 Å². The van der Waals surface area contributed by atoms with Crippen molar-refractivity contribution in [3.8, 4) is 0 Å². The zero-order valence-electron chi connectivity index (χ0n) is 13.4. The van der Waals surface area contributed by atoms with Gasteiger partial charge in [0.2, 0.25) is 0 Å². The normalized spacial score (nSPS) is 20.8. The molecule has 0 spiro atoms. The summed E-state index contributed by atoms with van der Waals surface area (Å²) in [6.07, 6.45) is -0.0208. The van der Waals surface area contributed by atoms with Crippen molar-refractivity contribution in [1.29, 1.82) is 0 Å². The number of benzene rings is 3. The fourth-order valence-electron chi connectivity index (χ4n) is 3.26. The second kappa shape index (κ2) is 7.04. The van der Waals surface area contributed by atoms with E-state index in [1.807, 2.05) is 30.3 Å². The van der Waals surface area contributed by atoms with Gasteiger partial charge in [-0.15, -0.1) is 0 Å². The largest absolute Gasteiger partial charge is 0.494 e. The average Bonchev–Trinajstić information content (AvgIpc) is 2.69. The smallest absolute Gasteiger partial charge is 0.407 e. The van der Waals surface area contributed by atoms with Gasteiger partial charge in [-0.2, -0.15) is 0 Å². The van der Waals surface area contributed by atoms with Crippen molar-refractivity contribution < 1.29 is 9.31 Å². The van der Waals surface area contributed by atoms with Crippen LogP contribution in [-0.2, 0) is 9.31 Å². The summed E-state index contributed by atoms with van der Waals surface area (Å²) in [6, 6.07) is 31.1. The maximum Gasteiger partial charge on any atom is 0.494 e. The molecule has 118 valence electrons. The molecule has 0 aliphatic carbocycles. The van der Waals surface area contributed by atoms with E-state index in [0.29, 0.717) is 6.61 Å². The molecule has 1 aliphatic heterocycles. The van der Waals surface area contributed by atoms with Gasteiger partial charge in [0.05, 0.1) is 6.10 Å². The van der Waals surface area contributed by atoms with E-state index in [4.69, 9.17) is 9.31 Å². The van der Waals surface area contributed by atoms with Crippen LogP contribution in [0, 0.1) is 0 Å². The zero-order valence-corrected chi connectivity index (χ0v) is 13.4. The summed E-state index contributed by atoms with van der Waals surface area (Å²) in [6.45, 7) is 0.642. The lowest BCUT2D eigenvalue weighted by Gasteiger charge is -2.36. The topological polar surface area (TPSA) is 18.5 Å². The van der Waals surface area contributed by atoms with Crippen LogP contribution in [0.5, 0.6) is 0 Å². The summed E-state index contributed by atoms with van der Waals surface area (Å²) in [5, 5.41) is 0. The van der Waals surface area contributed by atoms with Gasteiger partial charge in [-0.05, 0) is 16.6 Å². The molecule has 0 unspecified atom stereocenters. The molecule has 0 amide bonds. The average molecular weight is 314 g/mol. The van der Waals surface area contributed by atoms with Crippen molar-refractivity contribution in [1.82, 2.24) is 0 Å². The van der Waals surface area contributed by atoms with E-state index in [9.17, 15) is 0 Å². The highest BCUT2D eigenvalue weighted by atomic mass is 16.6. The van der Waals surface area contributed by atoms with Crippen LogP contribution in [0.2, 0.25) is 0 Å². The third-order valence-corrected chi connectivity index (χ3v) is 4.49. The third kappa shape index (κ3) is 3.14. The van der Waals surface area contributed by atoms with Gasteiger partial charge in [-0.1, -0.05) is 91.0 Å². The second-order valence-corrected chi connectivity index (χ2v) is 6.06. The van der Waals surface area contributed by atoms with Crippen molar-refractivity contribution in [2.45, 2.75) is 12.0 Å². The molecule has 0 aromatic heterocycles. The minimum absolute atomic E-state index is 0.0208. The molecule has 3 aromatic rings. The lowest BCUT2D eigenvalue weighted by molar-refractivity contribution is 0.0512. The van der Waals surface area contributed by atoms with Gasteiger partial charge in [-0.3, -0.25) is 0 Å². The maximum absolute atomic E-state index is 6.40. The molecule has 24 heavy (non-hydrogen) atoms. The molecule has 0 radical (unpaired) electrons. The van der Waals surface area contributed by atoms with Crippen LogP contribution in [0.25, 0.3) is 0 Å². The van der Waals surface area contributed by atoms with Crippen LogP contribution >= 0.6 is 0 Å². The summed E-state index contributed by atoms with van der Waals surface area (Å²) in [7, 11) is -0.323. The summed E-state index contributed by atoms with van der Waals surface area (Å²) in [4.78, 5) is 0. The van der Waals surface area contributed by atoms with E-state index in [1.165, 1.54) is 11.1 Å². The molecule has 0 N–H and O–H groups in total. The van der Waals surface area contributed by atoms with E-state index >= 15 is 0 Å². The highest BCUT2D eigenvalue weighted by Crippen LogP contribution is 2.37. The highest BCUT2D eigenvalue weighted by molar-refractivity contribution is 6.61. The molecule has 3 heteroatoms. The first-order valence-electron chi connectivity index (χ1n) is 8.34. The Morgan fingerprint density at radius 3 is 1.83 bits per heavy atom. The number of hydrogen-bond donors (Lipinski definition) is 0. The Balaban J connectivity index is 1.67. The van der Waals surface area contributed by atoms with Gasteiger partial charge < -0.3 is 9.31 Å². The molecule has 4 rings (SSSR count). The third-order valence-electron chi connectivity index (χ3n) is 4.49. The minimum atomic E-state index is -0.323. The van der Waals surface area contributed by atoms with E-state index in [-0.39, 0.29) is 19.1 Å². The van der Waals surface area contributed by atoms with Crippen LogP contribution < -0.4 is 5.46 Å². The Hall–Kier alpha value is -2.36. The summed E-state index contributed by atoms with van der Waals surface area (Å²) < 4.78 is 12.5. The predicted molar refractivity (Wildman–Crippen MR) is 97.2 cm³/mol. The van der Waals surface area contributed by atoms with Crippen LogP contribution in [0.15, 0.2) is 91.0 Å². The summed E-state index contributed by atoms with van der Waals surface area (Å²) in [5.74, 6) is 0.188. The monoisotopic (exact) mass is 314 g/mol. The molecule has 0 saturated carbocycles. The number of hydrogen-bond acceptors (Lipinski definition) is 2. The Morgan fingerprint density at radius 1 is 0.667 bits per heavy atom. The maximum atomic E-state index is 6.40. The van der Waals surface area contributed by atoms with Crippen molar-refractivity contribution in [2.24, 2.45) is 0 Å². The van der Waals surface area contributed by atoms with Gasteiger partial charge in [0.25, 0.3) is 0 Å². The SMILES string of the molecule is c1ccc(B2OC[C@@H](c3ccccc3)[C@H](c3ccccc3)O2)cc1. The first-order chi connectivity index (χ1) is 11.9. The standard InChI is InChI=1S/C21H19BO2/c1-4-10-17(11-5-1)20-16-23-22(19-14-8-3-9-15-19)24-21(20)18-12-6-2-7-13-18/h1-15,20-21H,16H2/t20-,21-/m0/s1. The summed E-state index contributed by atoms with van der Waals surface area (Å²) >= 11 is 0. The molecule has 2 nitrogen and oxygen atoms in total. The van der Waals surface area contributed by atoms with Gasteiger partial charge >= 0.3 is 7.12 Å². The Kier molecular flexibility index (Phi) is 4.45. The number of rotatable bonds is 3. The Bertz CT molecular complexity index is 762. The second-order valence-electron chi connectivity index (χ2n) is 6.06. The summed E-state index contributed by atoms with van der Waals surface area (Å²) in [5.41, 5.74) is 3.50. The van der Waals surface area contributed by atoms with E-state index in [0.717, 1.165) is 5.46 Å². The first kappa shape index (κ1) is 15.2. The highest BCUT2D eigenvalue weighted by Gasteiger charge is 2.37. The van der Waals surface area contributed by atoms with Crippen molar-refractivity contribution in [3.05, 3.63) is 102 Å². The predicted octanol–water partition coefficient (Wildman–Crippen LogP) is 3.95. The van der Waals surface area contributed by atoms with Gasteiger partial charge in [0.15, 0.2) is 0 Å². The Labute approximate surface area is 143 Å². The van der Waals surface area contributed by atoms with Gasteiger partial charge in [-0.25, -0.2) is 0 Å². The van der Waals surface area contributed by atoms with E-state index in [2.05, 4.69) is 60.7 Å². The molecule has 1 heterocycles. The molecule has 1 aliphatic rings.